The quantitative estimate of drug-likeness (QED) is 0.689. The van der Waals surface area contributed by atoms with Gasteiger partial charge < -0.3 is 15.3 Å². The normalized spacial score (nSPS) is 11.2. The molecule has 5 nitrogen and oxygen atoms in total. The SMILES string of the molecule is Cc1cc[nH]c(=O)c1NCc1cc2cc(C(C)C)ccc2[nH]c1=O. The van der Waals surface area contributed by atoms with E-state index in [0.29, 0.717) is 23.7 Å². The molecule has 0 bridgehead atoms. The monoisotopic (exact) mass is 323 g/mol. The molecule has 0 radical (unpaired) electrons. The zero-order chi connectivity index (χ0) is 17.3. The number of anilines is 1. The Balaban J connectivity index is 1.95. The van der Waals surface area contributed by atoms with Gasteiger partial charge in [0.1, 0.15) is 5.69 Å². The van der Waals surface area contributed by atoms with E-state index in [9.17, 15) is 9.59 Å². The van der Waals surface area contributed by atoms with Crippen LogP contribution in [0.2, 0.25) is 0 Å². The zero-order valence-corrected chi connectivity index (χ0v) is 14.1. The topological polar surface area (TPSA) is 77.8 Å². The first-order valence-corrected chi connectivity index (χ1v) is 8.03. The lowest BCUT2D eigenvalue weighted by molar-refractivity contribution is 0.868. The lowest BCUT2D eigenvalue weighted by atomic mass is 10.0. The molecule has 1 aromatic carbocycles. The van der Waals surface area contributed by atoms with Gasteiger partial charge in [0, 0.05) is 23.8 Å². The van der Waals surface area contributed by atoms with Gasteiger partial charge in [0.2, 0.25) is 0 Å². The predicted octanol–water partition coefficient (Wildman–Crippen LogP) is 3.26. The largest absolute Gasteiger partial charge is 0.376 e. The predicted molar refractivity (Wildman–Crippen MR) is 97.8 cm³/mol. The smallest absolute Gasteiger partial charge is 0.271 e. The zero-order valence-electron chi connectivity index (χ0n) is 14.1. The third kappa shape index (κ3) is 3.11. The minimum atomic E-state index is -0.186. The highest BCUT2D eigenvalue weighted by atomic mass is 16.1. The number of aryl methyl sites for hydroxylation is 1. The number of pyridine rings is 2. The Hall–Kier alpha value is -2.82. The minimum absolute atomic E-state index is 0.141. The lowest BCUT2D eigenvalue weighted by Crippen LogP contribution is -2.19. The number of fused-ring (bicyclic) bond motifs is 1. The van der Waals surface area contributed by atoms with E-state index < -0.39 is 0 Å². The molecule has 0 amide bonds. The average molecular weight is 323 g/mol. The number of aromatic nitrogens is 2. The van der Waals surface area contributed by atoms with E-state index in [2.05, 4.69) is 35.2 Å². The van der Waals surface area contributed by atoms with Gasteiger partial charge in [0.25, 0.3) is 11.1 Å². The number of benzene rings is 1. The Bertz CT molecular complexity index is 999. The first-order valence-electron chi connectivity index (χ1n) is 8.03. The van der Waals surface area contributed by atoms with Gasteiger partial charge in [-0.3, -0.25) is 9.59 Å². The van der Waals surface area contributed by atoms with Crippen LogP contribution in [0.3, 0.4) is 0 Å². The summed E-state index contributed by atoms with van der Waals surface area (Å²) in [6, 6.07) is 9.78. The maximum Gasteiger partial charge on any atom is 0.271 e. The standard InChI is InChI=1S/C19H21N3O2/c1-11(2)13-4-5-16-14(8-13)9-15(18(23)22-16)10-21-17-12(3)6-7-20-19(17)24/h4-9,11,21H,10H2,1-3H3,(H,20,24)(H,22,23). The molecule has 0 aliphatic heterocycles. The molecule has 0 fully saturated rings. The second-order valence-corrected chi connectivity index (χ2v) is 6.34. The van der Waals surface area contributed by atoms with E-state index in [-0.39, 0.29) is 11.1 Å². The highest BCUT2D eigenvalue weighted by Gasteiger charge is 2.08. The van der Waals surface area contributed by atoms with Crippen LogP contribution < -0.4 is 16.4 Å². The van der Waals surface area contributed by atoms with Crippen molar-refractivity contribution in [2.24, 2.45) is 0 Å². The van der Waals surface area contributed by atoms with Crippen LogP contribution >= 0.6 is 0 Å². The van der Waals surface area contributed by atoms with Crippen LogP contribution in [0.4, 0.5) is 5.69 Å². The lowest BCUT2D eigenvalue weighted by Gasteiger charge is -2.10. The van der Waals surface area contributed by atoms with E-state index in [0.717, 1.165) is 16.5 Å². The Morgan fingerprint density at radius 1 is 1.08 bits per heavy atom. The molecular weight excluding hydrogens is 302 g/mol. The first kappa shape index (κ1) is 16.1. The number of hydrogen-bond acceptors (Lipinski definition) is 3. The molecule has 124 valence electrons. The van der Waals surface area contributed by atoms with Crippen molar-refractivity contribution in [1.82, 2.24) is 9.97 Å². The summed E-state index contributed by atoms with van der Waals surface area (Å²) in [5.74, 6) is 0.424. The van der Waals surface area contributed by atoms with Crippen molar-refractivity contribution in [3.63, 3.8) is 0 Å². The van der Waals surface area contributed by atoms with Crippen LogP contribution in [0.1, 0.15) is 36.5 Å². The Labute approximate surface area is 139 Å². The second kappa shape index (κ2) is 6.35. The third-order valence-corrected chi connectivity index (χ3v) is 4.24. The first-order chi connectivity index (χ1) is 11.5. The molecule has 2 aromatic heterocycles. The molecule has 5 heteroatoms. The molecular formula is C19H21N3O2. The Kier molecular flexibility index (Phi) is 4.25. The van der Waals surface area contributed by atoms with Crippen LogP contribution in [0, 0.1) is 6.92 Å². The van der Waals surface area contributed by atoms with Gasteiger partial charge in [-0.15, -0.1) is 0 Å². The van der Waals surface area contributed by atoms with Crippen molar-refractivity contribution >= 4 is 16.6 Å². The summed E-state index contributed by atoms with van der Waals surface area (Å²) in [6.45, 7) is 6.43. The van der Waals surface area contributed by atoms with Crippen LogP contribution in [-0.4, -0.2) is 9.97 Å². The van der Waals surface area contributed by atoms with E-state index in [1.165, 1.54) is 5.56 Å². The molecule has 0 aliphatic carbocycles. The molecule has 3 N–H and O–H groups in total. The molecule has 0 saturated carbocycles. The molecule has 0 spiro atoms. The summed E-state index contributed by atoms with van der Waals surface area (Å²) < 4.78 is 0. The molecule has 2 heterocycles. The summed E-state index contributed by atoms with van der Waals surface area (Å²) in [7, 11) is 0. The van der Waals surface area contributed by atoms with Crippen molar-refractivity contribution in [1.29, 1.82) is 0 Å². The van der Waals surface area contributed by atoms with E-state index in [1.807, 2.05) is 31.2 Å². The van der Waals surface area contributed by atoms with Crippen molar-refractivity contribution in [2.45, 2.75) is 33.2 Å². The van der Waals surface area contributed by atoms with Crippen LogP contribution in [-0.2, 0) is 6.54 Å². The van der Waals surface area contributed by atoms with E-state index in [4.69, 9.17) is 0 Å². The summed E-state index contributed by atoms with van der Waals surface area (Å²) in [5.41, 5.74) is 3.66. The molecule has 24 heavy (non-hydrogen) atoms. The Morgan fingerprint density at radius 2 is 1.88 bits per heavy atom. The number of H-pyrrole nitrogens is 2. The summed E-state index contributed by atoms with van der Waals surface area (Å²) in [5, 5.41) is 4.07. The maximum absolute atomic E-state index is 12.3. The average Bonchev–Trinajstić information content (AvgIpc) is 2.54. The Morgan fingerprint density at radius 3 is 2.58 bits per heavy atom. The summed E-state index contributed by atoms with van der Waals surface area (Å²) in [4.78, 5) is 29.7. The van der Waals surface area contributed by atoms with Gasteiger partial charge >= 0.3 is 0 Å². The summed E-state index contributed by atoms with van der Waals surface area (Å²) >= 11 is 0. The highest BCUT2D eigenvalue weighted by Crippen LogP contribution is 2.20. The molecule has 3 rings (SSSR count). The molecule has 0 atom stereocenters. The van der Waals surface area contributed by atoms with Gasteiger partial charge in [0.15, 0.2) is 0 Å². The van der Waals surface area contributed by atoms with Crippen LogP contribution in [0.15, 0.2) is 46.1 Å². The van der Waals surface area contributed by atoms with Gasteiger partial charge in [0.05, 0.1) is 0 Å². The second-order valence-electron chi connectivity index (χ2n) is 6.34. The van der Waals surface area contributed by atoms with Gasteiger partial charge in [-0.2, -0.15) is 0 Å². The molecule has 0 unspecified atom stereocenters. The maximum atomic E-state index is 12.3. The fraction of sp³-hybridized carbons (Fsp3) is 0.263. The highest BCUT2D eigenvalue weighted by molar-refractivity contribution is 5.80. The summed E-state index contributed by atoms with van der Waals surface area (Å²) in [6.07, 6.45) is 1.61. The van der Waals surface area contributed by atoms with Gasteiger partial charge in [-0.05, 0) is 53.6 Å². The van der Waals surface area contributed by atoms with Crippen molar-refractivity contribution < 1.29 is 0 Å². The van der Waals surface area contributed by atoms with Crippen molar-refractivity contribution in [3.05, 3.63) is 73.9 Å². The number of aromatic amines is 2. The fourth-order valence-corrected chi connectivity index (χ4v) is 2.74. The third-order valence-electron chi connectivity index (χ3n) is 4.24. The van der Waals surface area contributed by atoms with E-state index in [1.54, 1.807) is 6.20 Å². The van der Waals surface area contributed by atoms with Gasteiger partial charge in [-0.25, -0.2) is 0 Å². The van der Waals surface area contributed by atoms with Crippen LogP contribution in [0.5, 0.6) is 0 Å². The minimum Gasteiger partial charge on any atom is -0.376 e. The molecule has 0 aliphatic rings. The fourth-order valence-electron chi connectivity index (χ4n) is 2.74. The van der Waals surface area contributed by atoms with Gasteiger partial charge in [-0.1, -0.05) is 19.9 Å². The van der Waals surface area contributed by atoms with Crippen LogP contribution in [0.25, 0.3) is 10.9 Å². The number of nitrogens with one attached hydrogen (secondary N) is 3. The van der Waals surface area contributed by atoms with E-state index >= 15 is 0 Å². The molecule has 0 saturated heterocycles. The van der Waals surface area contributed by atoms with Crippen molar-refractivity contribution in [3.8, 4) is 0 Å². The molecule has 3 aromatic rings. The number of rotatable bonds is 4. The number of hydrogen-bond donors (Lipinski definition) is 3. The van der Waals surface area contributed by atoms with Crippen molar-refractivity contribution in [2.75, 3.05) is 5.32 Å².